The van der Waals surface area contributed by atoms with E-state index in [0.717, 1.165) is 16.1 Å². The molecule has 1 atom stereocenters. The molecule has 0 heterocycles. The lowest BCUT2D eigenvalue weighted by Gasteiger charge is -2.34. The Morgan fingerprint density at radius 3 is 1.91 bits per heavy atom. The van der Waals surface area contributed by atoms with Gasteiger partial charge in [0.05, 0.1) is 11.9 Å². The number of rotatable bonds is 9. The van der Waals surface area contributed by atoms with Crippen LogP contribution in [0.15, 0.2) is 48.5 Å². The number of carbonyl (C=O) groups excluding carboxylic acids is 2. The Kier molecular flexibility index (Phi) is 9.39. The molecule has 0 aliphatic rings. The summed E-state index contributed by atoms with van der Waals surface area (Å²) in [4.78, 5) is 28.1. The van der Waals surface area contributed by atoms with E-state index in [0.29, 0.717) is 22.2 Å². The molecule has 0 saturated heterocycles. The number of carbonyl (C=O) groups is 2. The van der Waals surface area contributed by atoms with Gasteiger partial charge in [0.2, 0.25) is 21.8 Å². The molecule has 2 amide bonds. The van der Waals surface area contributed by atoms with Crippen molar-refractivity contribution in [2.45, 2.75) is 52.2 Å². The zero-order chi connectivity index (χ0) is 25.7. The second kappa shape index (κ2) is 11.4. The minimum absolute atomic E-state index is 0.115. The topological polar surface area (TPSA) is 86.8 Å². The highest BCUT2D eigenvalue weighted by atomic mass is 35.5. The molecule has 0 aliphatic heterocycles. The average Bonchev–Trinajstić information content (AvgIpc) is 2.72. The maximum absolute atomic E-state index is 13.6. The van der Waals surface area contributed by atoms with Crippen LogP contribution in [0.25, 0.3) is 0 Å². The molecule has 0 fully saturated rings. The number of amides is 2. The number of nitrogens with zero attached hydrogens (tertiary/aromatic N) is 2. The lowest BCUT2D eigenvalue weighted by atomic mass is 10.1. The van der Waals surface area contributed by atoms with E-state index in [9.17, 15) is 18.0 Å². The Morgan fingerprint density at radius 1 is 0.971 bits per heavy atom. The van der Waals surface area contributed by atoms with Crippen molar-refractivity contribution in [2.24, 2.45) is 0 Å². The average molecular weight is 529 g/mol. The fourth-order valence-corrected chi connectivity index (χ4v) is 4.48. The van der Waals surface area contributed by atoms with Gasteiger partial charge in [0.25, 0.3) is 0 Å². The molecule has 0 aliphatic carbocycles. The van der Waals surface area contributed by atoms with Crippen LogP contribution >= 0.6 is 23.2 Å². The molecule has 2 aromatic rings. The normalized spacial score (nSPS) is 12.7. The molecule has 10 heteroatoms. The minimum atomic E-state index is -3.79. The molecular formula is C24H31Cl2N3O4S. The van der Waals surface area contributed by atoms with E-state index in [1.165, 1.54) is 17.0 Å². The standard InChI is InChI=1S/C24H31Cl2N3O4S/c1-6-21(23(31)27-24(2,3)4)28(15-17-7-9-18(25)10-8-17)22(30)16-29(34(5,32)33)20-13-11-19(26)12-14-20/h7-14,21H,6,15-16H2,1-5H3,(H,27,31)/t21-/m1/s1. The predicted octanol–water partition coefficient (Wildman–Crippen LogP) is 4.48. The zero-order valence-corrected chi connectivity index (χ0v) is 22.3. The van der Waals surface area contributed by atoms with Gasteiger partial charge in [0.1, 0.15) is 12.6 Å². The summed E-state index contributed by atoms with van der Waals surface area (Å²) in [6.07, 6.45) is 1.38. The van der Waals surface area contributed by atoms with Gasteiger partial charge in [-0.1, -0.05) is 42.3 Å². The lowest BCUT2D eigenvalue weighted by molar-refractivity contribution is -0.141. The third-order valence-corrected chi connectivity index (χ3v) is 6.59. The molecular weight excluding hydrogens is 497 g/mol. The number of sulfonamides is 1. The van der Waals surface area contributed by atoms with E-state index in [2.05, 4.69) is 5.32 Å². The van der Waals surface area contributed by atoms with Crippen LogP contribution < -0.4 is 9.62 Å². The van der Waals surface area contributed by atoms with Crippen LogP contribution in [-0.4, -0.2) is 49.5 Å². The number of halogens is 2. The second-order valence-electron chi connectivity index (χ2n) is 9.06. The monoisotopic (exact) mass is 527 g/mol. The van der Waals surface area contributed by atoms with Crippen LogP contribution in [0, 0.1) is 0 Å². The summed E-state index contributed by atoms with van der Waals surface area (Å²) in [7, 11) is -3.79. The fourth-order valence-electron chi connectivity index (χ4n) is 3.38. The van der Waals surface area contributed by atoms with Crippen molar-refractivity contribution in [3.63, 3.8) is 0 Å². The molecule has 0 spiro atoms. The molecule has 0 aromatic heterocycles. The molecule has 34 heavy (non-hydrogen) atoms. The highest BCUT2D eigenvalue weighted by Crippen LogP contribution is 2.22. The van der Waals surface area contributed by atoms with E-state index >= 15 is 0 Å². The molecule has 2 rings (SSSR count). The van der Waals surface area contributed by atoms with Gasteiger partial charge in [-0.05, 0) is 69.2 Å². The molecule has 1 N–H and O–H groups in total. The van der Waals surface area contributed by atoms with Gasteiger partial charge in [-0.3, -0.25) is 13.9 Å². The Balaban J connectivity index is 2.43. The van der Waals surface area contributed by atoms with E-state index in [4.69, 9.17) is 23.2 Å². The summed E-state index contributed by atoms with van der Waals surface area (Å²) in [6.45, 7) is 7.03. The summed E-state index contributed by atoms with van der Waals surface area (Å²) in [5, 5.41) is 3.91. The Labute approximate surface area is 212 Å². The van der Waals surface area contributed by atoms with Crippen LogP contribution in [0.2, 0.25) is 10.0 Å². The Morgan fingerprint density at radius 2 is 1.47 bits per heavy atom. The molecule has 0 unspecified atom stereocenters. The van der Waals surface area contributed by atoms with E-state index in [1.54, 1.807) is 36.4 Å². The summed E-state index contributed by atoms with van der Waals surface area (Å²) in [6, 6.07) is 12.3. The largest absolute Gasteiger partial charge is 0.350 e. The number of hydrogen-bond acceptors (Lipinski definition) is 4. The van der Waals surface area contributed by atoms with Crippen molar-refractivity contribution in [1.82, 2.24) is 10.2 Å². The summed E-state index contributed by atoms with van der Waals surface area (Å²) >= 11 is 11.9. The van der Waals surface area contributed by atoms with Gasteiger partial charge in [0, 0.05) is 22.1 Å². The quantitative estimate of drug-likeness (QED) is 0.520. The minimum Gasteiger partial charge on any atom is -0.350 e. The second-order valence-corrected chi connectivity index (χ2v) is 11.8. The fraction of sp³-hybridized carbons (Fsp3) is 0.417. The molecule has 0 radical (unpaired) electrons. The number of benzene rings is 2. The third kappa shape index (κ3) is 8.18. The summed E-state index contributed by atoms with van der Waals surface area (Å²) in [5.41, 5.74) is 0.567. The molecule has 186 valence electrons. The lowest BCUT2D eigenvalue weighted by Crippen LogP contribution is -2.55. The van der Waals surface area contributed by atoms with Crippen molar-refractivity contribution >= 4 is 50.7 Å². The molecule has 0 bridgehead atoms. The molecule has 7 nitrogen and oxygen atoms in total. The van der Waals surface area contributed by atoms with Crippen LogP contribution in [0.3, 0.4) is 0 Å². The summed E-state index contributed by atoms with van der Waals surface area (Å²) < 4.78 is 26.1. The van der Waals surface area contributed by atoms with Gasteiger partial charge in [-0.15, -0.1) is 0 Å². The number of anilines is 1. The first kappa shape index (κ1) is 28.0. The van der Waals surface area contributed by atoms with E-state index in [1.807, 2.05) is 27.7 Å². The third-order valence-electron chi connectivity index (χ3n) is 4.94. The summed E-state index contributed by atoms with van der Waals surface area (Å²) in [5.74, 6) is -0.819. The maximum Gasteiger partial charge on any atom is 0.244 e. The SMILES string of the molecule is CC[C@H](C(=O)NC(C)(C)C)N(Cc1ccc(Cl)cc1)C(=O)CN(c1ccc(Cl)cc1)S(C)(=O)=O. The Hall–Kier alpha value is -2.29. The molecule has 0 saturated carbocycles. The Bertz CT molecular complexity index is 1100. The number of hydrogen-bond donors (Lipinski definition) is 1. The highest BCUT2D eigenvalue weighted by Gasteiger charge is 2.33. The zero-order valence-electron chi connectivity index (χ0n) is 20.0. The predicted molar refractivity (Wildman–Crippen MR) is 138 cm³/mol. The van der Waals surface area contributed by atoms with Gasteiger partial charge in [-0.2, -0.15) is 0 Å². The van der Waals surface area contributed by atoms with Gasteiger partial charge < -0.3 is 10.2 Å². The first-order valence-corrected chi connectivity index (χ1v) is 13.4. The first-order chi connectivity index (χ1) is 15.7. The number of nitrogens with one attached hydrogen (secondary N) is 1. The van der Waals surface area contributed by atoms with E-state index < -0.39 is 34.1 Å². The van der Waals surface area contributed by atoms with Crippen LogP contribution in [-0.2, 0) is 26.2 Å². The van der Waals surface area contributed by atoms with Crippen molar-refractivity contribution in [1.29, 1.82) is 0 Å². The first-order valence-electron chi connectivity index (χ1n) is 10.8. The van der Waals surface area contributed by atoms with Crippen LogP contribution in [0.4, 0.5) is 5.69 Å². The smallest absolute Gasteiger partial charge is 0.244 e. The van der Waals surface area contributed by atoms with Gasteiger partial charge >= 0.3 is 0 Å². The molecule has 2 aromatic carbocycles. The van der Waals surface area contributed by atoms with Gasteiger partial charge in [0.15, 0.2) is 0 Å². The van der Waals surface area contributed by atoms with Crippen molar-refractivity contribution in [3.05, 3.63) is 64.1 Å². The maximum atomic E-state index is 13.6. The van der Waals surface area contributed by atoms with Gasteiger partial charge in [-0.25, -0.2) is 8.42 Å². The highest BCUT2D eigenvalue weighted by molar-refractivity contribution is 7.92. The van der Waals surface area contributed by atoms with Crippen molar-refractivity contribution < 1.29 is 18.0 Å². The van der Waals surface area contributed by atoms with Crippen LogP contribution in [0.1, 0.15) is 39.7 Å². The van der Waals surface area contributed by atoms with E-state index in [-0.39, 0.29) is 12.5 Å². The van der Waals surface area contributed by atoms with Crippen molar-refractivity contribution in [2.75, 3.05) is 17.1 Å². The van der Waals surface area contributed by atoms with Crippen molar-refractivity contribution in [3.8, 4) is 0 Å². The van der Waals surface area contributed by atoms with Crippen LogP contribution in [0.5, 0.6) is 0 Å².